The molecule has 4 aromatic carbocycles. The third-order valence-electron chi connectivity index (χ3n) is 9.00. The second kappa shape index (κ2) is 20.1. The second-order valence-corrected chi connectivity index (χ2v) is 12.0. The summed E-state index contributed by atoms with van der Waals surface area (Å²) in [6.45, 7) is 0. The van der Waals surface area contributed by atoms with Crippen LogP contribution in [0.15, 0.2) is 146 Å². The minimum atomic E-state index is 0.906. The fourth-order valence-electron chi connectivity index (χ4n) is 6.84. The highest BCUT2D eigenvalue weighted by Gasteiger charge is 2.18. The van der Waals surface area contributed by atoms with Crippen molar-refractivity contribution in [3.05, 3.63) is 168 Å². The Morgan fingerprint density at radius 1 is 0.286 bits per heavy atom. The van der Waals surface area contributed by atoms with E-state index in [1.54, 1.807) is 0 Å². The molecule has 0 unspecified atom stereocenters. The zero-order valence-corrected chi connectivity index (χ0v) is 32.4. The topological polar surface area (TPSA) is 161 Å². The van der Waals surface area contributed by atoms with Crippen molar-refractivity contribution in [3.8, 4) is 44.5 Å². The molecule has 0 saturated carbocycles. The summed E-state index contributed by atoms with van der Waals surface area (Å²) in [6.07, 6.45) is 8.54. The normalized spacial score (nSPS) is 10.7. The predicted molar refractivity (Wildman–Crippen MR) is 241 cm³/mol. The van der Waals surface area contributed by atoms with Gasteiger partial charge in [0.2, 0.25) is 0 Å². The molecule has 8 heteroatoms. The average molecular weight is 739 g/mol. The molecular formula is C48H50N8. The number of nitrogens with two attached hydrogens (primary N) is 4. The molecule has 0 atom stereocenters. The Hall–Kier alpha value is -6.68. The van der Waals surface area contributed by atoms with Crippen LogP contribution in [-0.2, 0) is 0 Å². The molecule has 0 amide bonds. The van der Waals surface area contributed by atoms with Gasteiger partial charge in [-0.15, -0.1) is 0 Å². The molecule has 0 spiro atoms. The Morgan fingerprint density at radius 3 is 0.679 bits per heavy atom. The van der Waals surface area contributed by atoms with Crippen LogP contribution in [0.2, 0.25) is 0 Å². The molecule has 56 heavy (non-hydrogen) atoms. The maximum Gasteiger partial charge on any atom is 0.0737 e. The summed E-state index contributed by atoms with van der Waals surface area (Å²) in [5.41, 5.74) is 34.2. The molecular weight excluding hydrogens is 689 g/mol. The van der Waals surface area contributed by atoms with Gasteiger partial charge in [0, 0.05) is 44.3 Å². The predicted octanol–water partition coefficient (Wildman–Crippen LogP) is 9.62. The van der Waals surface area contributed by atoms with Crippen molar-refractivity contribution in [2.45, 2.75) is 0 Å². The Labute approximate surface area is 329 Å². The van der Waals surface area contributed by atoms with Gasteiger partial charge in [0.25, 0.3) is 0 Å². The van der Waals surface area contributed by atoms with E-state index >= 15 is 0 Å². The fraction of sp³-hybridized carbons (Fsp3) is 0.0833. The number of nitrogens with one attached hydrogen (secondary N) is 2. The maximum absolute atomic E-state index is 5.35. The number of rotatable bonds is 4. The lowest BCUT2D eigenvalue weighted by Gasteiger charge is -2.07. The number of fused-ring (bicyclic) bond motifs is 8. The first-order valence-electron chi connectivity index (χ1n) is 18.5. The number of hydrogen-bond donors (Lipinski definition) is 6. The summed E-state index contributed by atoms with van der Waals surface area (Å²) in [6, 6.07) is 50.7. The van der Waals surface area contributed by atoms with Crippen molar-refractivity contribution in [2.75, 3.05) is 28.2 Å². The van der Waals surface area contributed by atoms with E-state index in [2.05, 4.69) is 179 Å². The summed E-state index contributed by atoms with van der Waals surface area (Å²) in [4.78, 5) is 18.3. The van der Waals surface area contributed by atoms with Crippen molar-refractivity contribution < 1.29 is 0 Å². The van der Waals surface area contributed by atoms with E-state index in [0.717, 1.165) is 89.4 Å². The largest absolute Gasteiger partial charge is 0.354 e. The average Bonchev–Trinajstić information content (AvgIpc) is 4.14. The smallest absolute Gasteiger partial charge is 0.0737 e. The highest BCUT2D eigenvalue weighted by atomic mass is 14.8. The van der Waals surface area contributed by atoms with Crippen LogP contribution < -0.4 is 22.9 Å². The number of benzene rings is 4. The Kier molecular flexibility index (Phi) is 14.6. The van der Waals surface area contributed by atoms with Crippen molar-refractivity contribution in [2.24, 2.45) is 22.9 Å². The number of hydrogen-bond acceptors (Lipinski definition) is 6. The van der Waals surface area contributed by atoms with Gasteiger partial charge in [0.1, 0.15) is 0 Å². The van der Waals surface area contributed by atoms with Gasteiger partial charge < -0.3 is 32.9 Å². The molecule has 8 nitrogen and oxygen atoms in total. The van der Waals surface area contributed by atoms with E-state index in [-0.39, 0.29) is 0 Å². The summed E-state index contributed by atoms with van der Waals surface area (Å²) in [5.74, 6) is 0. The molecule has 2 aliphatic heterocycles. The number of H-pyrrole nitrogens is 2. The van der Waals surface area contributed by atoms with E-state index in [1.165, 1.54) is 28.2 Å². The van der Waals surface area contributed by atoms with E-state index in [4.69, 9.17) is 9.97 Å². The number of nitrogens with zero attached hydrogens (tertiary/aromatic N) is 2. The zero-order valence-electron chi connectivity index (χ0n) is 32.4. The minimum Gasteiger partial charge on any atom is -0.354 e. The van der Waals surface area contributed by atoms with E-state index in [0.29, 0.717) is 0 Å². The van der Waals surface area contributed by atoms with Gasteiger partial charge in [-0.25, -0.2) is 9.97 Å². The quantitative estimate of drug-likeness (QED) is 0.105. The molecule has 0 saturated heterocycles. The van der Waals surface area contributed by atoms with Crippen LogP contribution in [0.4, 0.5) is 0 Å². The van der Waals surface area contributed by atoms with Gasteiger partial charge in [-0.1, -0.05) is 121 Å². The van der Waals surface area contributed by atoms with Crippen LogP contribution in [0.5, 0.6) is 0 Å². The van der Waals surface area contributed by atoms with Gasteiger partial charge in [0.05, 0.1) is 22.8 Å². The van der Waals surface area contributed by atoms with Crippen molar-refractivity contribution >= 4 is 46.4 Å². The van der Waals surface area contributed by atoms with Gasteiger partial charge in [-0.2, -0.15) is 0 Å². The SMILES string of the molecule is C1=Cc2nc1c(-c1ccccc1)c1ccc([nH]1)c(-c1ccccc1)c1nc(c(-c3ccccc3)c3ccc([nH]3)c2-c2ccccc2)C=C1.CN.CN.CN.CN. The molecule has 10 N–H and O–H groups in total. The Balaban J connectivity index is 0.000000707. The zero-order chi connectivity index (χ0) is 39.9. The van der Waals surface area contributed by atoms with Crippen LogP contribution in [0, 0.1) is 0 Å². The molecule has 282 valence electrons. The van der Waals surface area contributed by atoms with Gasteiger partial charge in [0.15, 0.2) is 0 Å². The Morgan fingerprint density at radius 2 is 0.482 bits per heavy atom. The molecule has 8 bridgehead atoms. The van der Waals surface area contributed by atoms with Crippen molar-refractivity contribution in [1.82, 2.24) is 19.9 Å². The van der Waals surface area contributed by atoms with E-state index < -0.39 is 0 Å². The molecule has 7 aromatic rings. The monoisotopic (exact) mass is 738 g/mol. The summed E-state index contributed by atoms with van der Waals surface area (Å²) in [5, 5.41) is 0. The van der Waals surface area contributed by atoms with Crippen LogP contribution in [-0.4, -0.2) is 48.1 Å². The molecule has 3 aromatic heterocycles. The molecule has 0 radical (unpaired) electrons. The van der Waals surface area contributed by atoms with E-state index in [1.807, 2.05) is 24.3 Å². The van der Waals surface area contributed by atoms with Crippen LogP contribution in [0.1, 0.15) is 22.8 Å². The first-order chi connectivity index (χ1) is 27.8. The lowest BCUT2D eigenvalue weighted by Crippen LogP contribution is -1.89. The van der Waals surface area contributed by atoms with Gasteiger partial charge in [-0.3, -0.25) is 0 Å². The van der Waals surface area contributed by atoms with Crippen LogP contribution >= 0.6 is 0 Å². The molecule has 2 aliphatic rings. The van der Waals surface area contributed by atoms with Crippen LogP contribution in [0.25, 0.3) is 90.9 Å². The van der Waals surface area contributed by atoms with Crippen molar-refractivity contribution in [1.29, 1.82) is 0 Å². The van der Waals surface area contributed by atoms with Crippen molar-refractivity contribution in [3.63, 3.8) is 0 Å². The Bertz CT molecular complexity index is 2190. The molecule has 0 aliphatic carbocycles. The van der Waals surface area contributed by atoms with Crippen LogP contribution in [0.3, 0.4) is 0 Å². The number of aromatic nitrogens is 4. The summed E-state index contributed by atoms with van der Waals surface area (Å²) < 4.78 is 0. The molecule has 5 heterocycles. The van der Waals surface area contributed by atoms with Gasteiger partial charge in [-0.05, 0) is 99.0 Å². The first-order valence-corrected chi connectivity index (χ1v) is 18.5. The lowest BCUT2D eigenvalue weighted by molar-refractivity contribution is 1.31. The summed E-state index contributed by atoms with van der Waals surface area (Å²) in [7, 11) is 6.00. The maximum atomic E-state index is 5.35. The second-order valence-electron chi connectivity index (χ2n) is 12.0. The van der Waals surface area contributed by atoms with Gasteiger partial charge >= 0.3 is 0 Å². The molecule has 0 fully saturated rings. The number of aromatic amines is 2. The van der Waals surface area contributed by atoms with E-state index in [9.17, 15) is 0 Å². The fourth-order valence-corrected chi connectivity index (χ4v) is 6.84. The lowest BCUT2D eigenvalue weighted by atomic mass is 10.0. The minimum absolute atomic E-state index is 0.906. The third kappa shape index (κ3) is 8.50. The standard InChI is InChI=1S/C44H30N4.4CH5N/c1-5-13-29(14-6-1)41-33-21-23-35(45-33)42(30-15-7-2-8-16-30)37-25-27-39(47-37)44(32-19-11-4-12-20-32)40-28-26-38(48-40)43(31-17-9-3-10-18-31)36-24-22-34(41)46-36;4*1-2/h1-28,45,48H;4*2H2,1H3. The third-order valence-corrected chi connectivity index (χ3v) is 9.00. The highest BCUT2D eigenvalue weighted by Crippen LogP contribution is 2.38. The first kappa shape index (κ1) is 40.5. The summed E-state index contributed by atoms with van der Waals surface area (Å²) >= 11 is 0. The molecule has 9 rings (SSSR count). The highest BCUT2D eigenvalue weighted by molar-refractivity contribution is 5.99.